The number of aromatic amines is 1. The maximum Gasteiger partial charge on any atom is 0.164 e. The molecule has 0 amide bonds. The molecule has 5 aromatic rings. The van der Waals surface area contributed by atoms with E-state index in [1.165, 1.54) is 12.4 Å². The van der Waals surface area contributed by atoms with Crippen molar-refractivity contribution in [2.24, 2.45) is 0 Å². The second-order valence-corrected chi connectivity index (χ2v) is 12.0. The Bertz CT molecular complexity index is 1720. The van der Waals surface area contributed by atoms with Gasteiger partial charge in [-0.1, -0.05) is 24.3 Å². The summed E-state index contributed by atoms with van der Waals surface area (Å²) in [4.78, 5) is 17.5. The van der Waals surface area contributed by atoms with Crippen LogP contribution >= 0.6 is 0 Å². The number of fused-ring (bicyclic) bond motifs is 2. The van der Waals surface area contributed by atoms with Crippen LogP contribution in [-0.2, 0) is 6.42 Å². The largest absolute Gasteiger partial charge is 0.396 e. The predicted molar refractivity (Wildman–Crippen MR) is 167 cm³/mol. The summed E-state index contributed by atoms with van der Waals surface area (Å²) in [5, 5.41) is 16.1. The number of halogens is 1. The smallest absolute Gasteiger partial charge is 0.164 e. The van der Waals surface area contributed by atoms with Gasteiger partial charge in [0.2, 0.25) is 0 Å². The van der Waals surface area contributed by atoms with Crippen LogP contribution in [-0.4, -0.2) is 85.0 Å². The highest BCUT2D eigenvalue weighted by molar-refractivity contribution is 6.00. The number of hydrogen-bond acceptors (Lipinski definition) is 7. The van der Waals surface area contributed by atoms with Crippen LogP contribution in [0, 0.1) is 5.82 Å². The molecule has 3 aromatic heterocycles. The number of benzene rings is 2. The van der Waals surface area contributed by atoms with Crippen LogP contribution in [0.5, 0.6) is 0 Å². The van der Waals surface area contributed by atoms with Crippen molar-refractivity contribution in [2.75, 3.05) is 45.1 Å². The Hall–Kier alpha value is -3.86. The summed E-state index contributed by atoms with van der Waals surface area (Å²) in [5.74, 6) is 0.244. The van der Waals surface area contributed by atoms with E-state index in [4.69, 9.17) is 15.9 Å². The quantitative estimate of drug-likeness (QED) is 0.242. The molecule has 1 aliphatic heterocycles. The minimum atomic E-state index is -0.194. The van der Waals surface area contributed by atoms with Gasteiger partial charge in [0, 0.05) is 74.0 Å². The fourth-order valence-corrected chi connectivity index (χ4v) is 7.05. The molecule has 0 radical (unpaired) electrons. The molecular weight excluding hydrogens is 543 g/mol. The van der Waals surface area contributed by atoms with Crippen LogP contribution in [0.4, 0.5) is 10.2 Å². The molecule has 2 aliphatic rings. The predicted octanol–water partition coefficient (Wildman–Crippen LogP) is 4.77. The molecule has 0 bridgehead atoms. The van der Waals surface area contributed by atoms with Crippen molar-refractivity contribution < 1.29 is 9.50 Å². The van der Waals surface area contributed by atoms with Crippen LogP contribution in [0.15, 0.2) is 54.9 Å². The van der Waals surface area contributed by atoms with Crippen molar-refractivity contribution in [1.82, 2.24) is 34.5 Å². The first-order valence-corrected chi connectivity index (χ1v) is 15.5. The third kappa shape index (κ3) is 5.62. The van der Waals surface area contributed by atoms with Crippen LogP contribution in [0.3, 0.4) is 0 Å². The molecule has 1 aliphatic carbocycles. The summed E-state index contributed by atoms with van der Waals surface area (Å²) >= 11 is 0. The number of aromatic nitrogens is 5. The highest BCUT2D eigenvalue weighted by Crippen LogP contribution is 2.38. The van der Waals surface area contributed by atoms with Crippen molar-refractivity contribution >= 4 is 27.8 Å². The van der Waals surface area contributed by atoms with Crippen molar-refractivity contribution in [2.45, 2.75) is 50.6 Å². The number of H-pyrrole nitrogens is 1. The van der Waals surface area contributed by atoms with Gasteiger partial charge in [0.1, 0.15) is 23.7 Å². The maximum atomic E-state index is 14.3. The first kappa shape index (κ1) is 27.9. The van der Waals surface area contributed by atoms with Crippen LogP contribution in [0.25, 0.3) is 33.2 Å². The van der Waals surface area contributed by atoms with Gasteiger partial charge in [0.15, 0.2) is 5.65 Å². The molecule has 0 atom stereocenters. The Kier molecular flexibility index (Phi) is 7.81. The molecule has 0 spiro atoms. The third-order valence-corrected chi connectivity index (χ3v) is 9.37. The number of aliphatic hydroxyl groups is 1. The molecular formula is C33H39FN8O. The van der Waals surface area contributed by atoms with Gasteiger partial charge in [-0.25, -0.2) is 19.0 Å². The van der Waals surface area contributed by atoms with Gasteiger partial charge in [-0.15, -0.1) is 0 Å². The highest BCUT2D eigenvalue weighted by atomic mass is 19.1. The first-order valence-electron chi connectivity index (χ1n) is 15.5. The second kappa shape index (κ2) is 12.0. The van der Waals surface area contributed by atoms with Gasteiger partial charge in [-0.05, 0) is 61.9 Å². The van der Waals surface area contributed by atoms with E-state index in [0.29, 0.717) is 23.8 Å². The normalized spacial score (nSPS) is 20.3. The number of nitrogens with one attached hydrogen (secondary N) is 1. The van der Waals surface area contributed by atoms with Gasteiger partial charge < -0.3 is 20.7 Å². The average molecular weight is 583 g/mol. The van der Waals surface area contributed by atoms with Gasteiger partial charge in [0.25, 0.3) is 0 Å². The lowest BCUT2D eigenvalue weighted by molar-refractivity contribution is 0.0680. The molecule has 1 saturated carbocycles. The monoisotopic (exact) mass is 582 g/mol. The second-order valence-electron chi connectivity index (χ2n) is 12.0. The van der Waals surface area contributed by atoms with E-state index in [1.54, 1.807) is 6.07 Å². The van der Waals surface area contributed by atoms with E-state index in [1.807, 2.05) is 12.1 Å². The van der Waals surface area contributed by atoms with E-state index < -0.39 is 0 Å². The summed E-state index contributed by atoms with van der Waals surface area (Å²) in [6.45, 7) is 5.62. The molecule has 43 heavy (non-hydrogen) atoms. The summed E-state index contributed by atoms with van der Waals surface area (Å²) in [6, 6.07) is 16.1. The number of anilines is 1. The molecule has 2 aromatic carbocycles. The number of hydrogen-bond donors (Lipinski definition) is 3. The molecule has 1 saturated heterocycles. The Labute approximate surface area is 250 Å². The zero-order chi connectivity index (χ0) is 29.3. The van der Waals surface area contributed by atoms with Crippen LogP contribution < -0.4 is 5.73 Å². The van der Waals surface area contributed by atoms with E-state index >= 15 is 0 Å². The number of nitrogens with two attached hydrogens (primary N) is 1. The Morgan fingerprint density at radius 2 is 1.74 bits per heavy atom. The van der Waals surface area contributed by atoms with Crippen molar-refractivity contribution in [1.29, 1.82) is 0 Å². The summed E-state index contributed by atoms with van der Waals surface area (Å²) in [6.07, 6.45) is 7.26. The lowest BCUT2D eigenvalue weighted by Crippen LogP contribution is -2.51. The van der Waals surface area contributed by atoms with Gasteiger partial charge in [-0.3, -0.25) is 4.90 Å². The molecule has 224 valence electrons. The summed E-state index contributed by atoms with van der Waals surface area (Å²) in [5.41, 5.74) is 11.6. The first-order chi connectivity index (χ1) is 21.1. The molecule has 2 fully saturated rings. The number of rotatable bonds is 8. The Morgan fingerprint density at radius 3 is 2.53 bits per heavy atom. The highest BCUT2D eigenvalue weighted by Gasteiger charge is 2.31. The fraction of sp³-hybridized carbons (Fsp3) is 0.424. The van der Waals surface area contributed by atoms with Crippen molar-refractivity contribution in [3.8, 4) is 11.3 Å². The average Bonchev–Trinajstić information content (AvgIpc) is 3.63. The maximum absolute atomic E-state index is 14.3. The summed E-state index contributed by atoms with van der Waals surface area (Å²) < 4.78 is 16.4. The number of piperazine rings is 1. The molecule has 10 heteroatoms. The zero-order valence-corrected chi connectivity index (χ0v) is 24.4. The standard InChI is InChI=1S/C33H39FN8O/c34-28-5-2-1-4-22(28)19-25-20-24-18-23(6-11-29(24)38-25)31-30-32(35)36-21-37-33(30)42(39-31)27-9-7-26(8-10-27)41-15-13-40(14-16-41)12-3-17-43/h1-2,4-6,11,18,20-21,26-27,38,43H,3,7-10,12-17,19H2,(H2,35,36,37)/t26-,27+. The number of nitrogen functional groups attached to an aromatic ring is 1. The SMILES string of the molecule is Nc1ncnc2c1c(-c1ccc3[nH]c(Cc4ccccc4F)cc3c1)nn2[C@H]1CC[C@@H](N2CCN(CCCO)CC2)CC1. The summed E-state index contributed by atoms with van der Waals surface area (Å²) in [7, 11) is 0. The number of nitrogens with zero attached hydrogens (tertiary/aromatic N) is 6. The molecule has 9 nitrogen and oxygen atoms in total. The van der Waals surface area contributed by atoms with Gasteiger partial charge in [-0.2, -0.15) is 5.10 Å². The van der Waals surface area contributed by atoms with E-state index in [2.05, 4.69) is 53.7 Å². The van der Waals surface area contributed by atoms with Gasteiger partial charge >= 0.3 is 0 Å². The van der Waals surface area contributed by atoms with E-state index in [-0.39, 0.29) is 18.5 Å². The molecule has 4 N–H and O–H groups in total. The van der Waals surface area contributed by atoms with Crippen molar-refractivity contribution in [3.05, 3.63) is 71.9 Å². The molecule has 4 heterocycles. The molecule has 0 unspecified atom stereocenters. The van der Waals surface area contributed by atoms with E-state index in [9.17, 15) is 4.39 Å². The lowest BCUT2D eigenvalue weighted by Gasteiger charge is -2.42. The zero-order valence-electron chi connectivity index (χ0n) is 24.4. The minimum Gasteiger partial charge on any atom is -0.396 e. The lowest BCUT2D eigenvalue weighted by atomic mass is 9.90. The number of aliphatic hydroxyl groups excluding tert-OH is 1. The Morgan fingerprint density at radius 1 is 0.953 bits per heavy atom. The molecule has 7 rings (SSSR count). The van der Waals surface area contributed by atoms with Gasteiger partial charge in [0.05, 0.1) is 11.4 Å². The Balaban J connectivity index is 1.11. The minimum absolute atomic E-state index is 0.194. The fourth-order valence-electron chi connectivity index (χ4n) is 7.05. The third-order valence-electron chi connectivity index (χ3n) is 9.37. The van der Waals surface area contributed by atoms with Crippen LogP contribution in [0.1, 0.15) is 49.4 Å². The van der Waals surface area contributed by atoms with Crippen molar-refractivity contribution in [3.63, 3.8) is 0 Å². The van der Waals surface area contributed by atoms with Crippen LogP contribution in [0.2, 0.25) is 0 Å². The van der Waals surface area contributed by atoms with E-state index in [0.717, 1.165) is 104 Å². The topological polar surface area (TPSA) is 112 Å².